The Balaban J connectivity index is 4.01. The predicted octanol–water partition coefficient (Wildman–Crippen LogP) is 5.97. The maximum atomic E-state index is 12.0. The average Bonchev–Trinajstić information content (AvgIpc) is 2.66. The van der Waals surface area contributed by atoms with Crippen LogP contribution in [0.3, 0.4) is 0 Å². The van der Waals surface area contributed by atoms with Crippen molar-refractivity contribution in [2.75, 3.05) is 7.11 Å². The van der Waals surface area contributed by atoms with Crippen LogP contribution in [-0.4, -0.2) is 24.1 Å². The second-order valence-electron chi connectivity index (χ2n) is 6.34. The summed E-state index contributed by atoms with van der Waals surface area (Å²) >= 11 is 0. The Hall–Kier alpha value is -1.01. The van der Waals surface area contributed by atoms with E-state index < -0.39 is 19.9 Å². The van der Waals surface area contributed by atoms with Crippen LogP contribution in [0.15, 0.2) is 24.3 Å². The third-order valence-corrected chi connectivity index (χ3v) is 4.73. The molecule has 158 valence electrons. The zero-order valence-electron chi connectivity index (χ0n) is 16.5. The molecular weight excluding hydrogens is 374 g/mol. The topological polar surface area (TPSA) is 82.1 Å². The summed E-state index contributed by atoms with van der Waals surface area (Å²) in [5, 5.41) is 0. The Labute approximate surface area is 162 Å². The molecule has 0 aliphatic heterocycles. The van der Waals surface area contributed by atoms with Crippen LogP contribution in [0.5, 0.6) is 0 Å². The molecule has 0 bridgehead atoms. The zero-order chi connectivity index (χ0) is 20.4. The first kappa shape index (κ1) is 26.0. The minimum absolute atomic E-state index is 0.0257. The maximum absolute atomic E-state index is 12.0. The lowest BCUT2D eigenvalue weighted by Gasteiger charge is -2.18. The van der Waals surface area contributed by atoms with E-state index in [1.165, 1.54) is 26.4 Å². The van der Waals surface area contributed by atoms with Crippen LogP contribution >= 0.6 is 7.82 Å². The van der Waals surface area contributed by atoms with Gasteiger partial charge in [0, 0.05) is 6.42 Å². The van der Waals surface area contributed by atoms with E-state index in [0.29, 0.717) is 6.42 Å². The van der Waals surface area contributed by atoms with E-state index in [1.807, 2.05) is 0 Å². The molecule has 0 spiro atoms. The summed E-state index contributed by atoms with van der Waals surface area (Å²) in [4.78, 5) is 20.3. The van der Waals surface area contributed by atoms with Crippen molar-refractivity contribution in [1.82, 2.24) is 0 Å². The molecule has 0 aliphatic carbocycles. The standard InChI is InChI=1S/C19H34FO6P/c1-3-4-5-6-7-8-9-10-11-12-13-14-15-18(16-17-19(21)24-2)25-27(22,23)26-20/h7-8,10-11,18H,3-6,9,12-17H2,1-2H3,(H,22,23)/b8-7-,11-10-. The summed E-state index contributed by atoms with van der Waals surface area (Å²) in [7, 11) is -3.47. The normalized spacial score (nSPS) is 15.3. The number of methoxy groups -OCH3 is 1. The zero-order valence-corrected chi connectivity index (χ0v) is 17.4. The molecule has 0 fully saturated rings. The molecule has 0 aromatic rings. The van der Waals surface area contributed by atoms with Gasteiger partial charge in [-0.1, -0.05) is 55.2 Å². The number of ether oxygens (including phenoxy) is 1. The molecule has 0 saturated carbocycles. The highest BCUT2D eigenvalue weighted by Gasteiger charge is 2.27. The highest BCUT2D eigenvalue weighted by molar-refractivity contribution is 7.47. The summed E-state index contributed by atoms with van der Waals surface area (Å²) in [5.74, 6) is -0.455. The molecule has 0 radical (unpaired) electrons. The third kappa shape index (κ3) is 16.9. The highest BCUT2D eigenvalue weighted by Crippen LogP contribution is 2.46. The number of carbonyl (C=O) groups excluding carboxylic acids is 1. The molecule has 1 N–H and O–H groups in total. The monoisotopic (exact) mass is 408 g/mol. The first-order valence-corrected chi connectivity index (χ1v) is 11.1. The van der Waals surface area contributed by atoms with Gasteiger partial charge in [-0.2, -0.15) is 0 Å². The molecule has 0 heterocycles. The molecule has 2 unspecified atom stereocenters. The molecule has 0 rings (SSSR count). The van der Waals surface area contributed by atoms with Gasteiger partial charge in [0.15, 0.2) is 0 Å². The van der Waals surface area contributed by atoms with Gasteiger partial charge in [-0.3, -0.25) is 9.32 Å². The van der Waals surface area contributed by atoms with Crippen molar-refractivity contribution in [1.29, 1.82) is 0 Å². The number of esters is 1. The van der Waals surface area contributed by atoms with Gasteiger partial charge in [0.1, 0.15) is 0 Å². The summed E-state index contributed by atoms with van der Waals surface area (Å²) < 4.78 is 35.5. The molecule has 0 amide bonds. The second-order valence-corrected chi connectivity index (χ2v) is 7.62. The lowest BCUT2D eigenvalue weighted by atomic mass is 10.1. The number of hydrogen-bond donors (Lipinski definition) is 1. The van der Waals surface area contributed by atoms with Gasteiger partial charge >= 0.3 is 13.8 Å². The van der Waals surface area contributed by atoms with Crippen molar-refractivity contribution < 1.29 is 32.8 Å². The fraction of sp³-hybridized carbons (Fsp3) is 0.737. The van der Waals surface area contributed by atoms with Gasteiger partial charge in [-0.15, -0.1) is 0 Å². The van der Waals surface area contributed by atoms with E-state index in [2.05, 4.69) is 40.7 Å². The van der Waals surface area contributed by atoms with Crippen LogP contribution in [0, 0.1) is 0 Å². The third-order valence-electron chi connectivity index (χ3n) is 3.99. The van der Waals surface area contributed by atoms with E-state index in [0.717, 1.165) is 32.1 Å². The van der Waals surface area contributed by atoms with Gasteiger partial charge in [0.05, 0.1) is 13.2 Å². The largest absolute Gasteiger partial charge is 0.503 e. The van der Waals surface area contributed by atoms with Crippen molar-refractivity contribution in [3.63, 3.8) is 0 Å². The van der Waals surface area contributed by atoms with Crippen LogP contribution in [0.1, 0.15) is 77.6 Å². The maximum Gasteiger partial charge on any atom is 0.503 e. The molecule has 8 heteroatoms. The number of halogens is 1. The molecule has 0 saturated heterocycles. The van der Waals surface area contributed by atoms with E-state index >= 15 is 0 Å². The number of phosphoric ester groups is 1. The Morgan fingerprint density at radius 2 is 1.70 bits per heavy atom. The van der Waals surface area contributed by atoms with Crippen LogP contribution in [-0.2, 0) is 23.3 Å². The summed E-state index contributed by atoms with van der Waals surface area (Å²) in [6.45, 7) is 2.19. The number of carbonyl (C=O) groups is 1. The Morgan fingerprint density at radius 3 is 2.26 bits per heavy atom. The van der Waals surface area contributed by atoms with Crippen molar-refractivity contribution in [2.24, 2.45) is 0 Å². The van der Waals surface area contributed by atoms with E-state index in [9.17, 15) is 13.9 Å². The van der Waals surface area contributed by atoms with E-state index in [-0.39, 0.29) is 12.8 Å². The Bertz CT molecular complexity index is 481. The van der Waals surface area contributed by atoms with Crippen molar-refractivity contribution in [3.05, 3.63) is 24.3 Å². The Morgan fingerprint density at radius 1 is 1.07 bits per heavy atom. The van der Waals surface area contributed by atoms with Gasteiger partial charge < -0.3 is 9.63 Å². The van der Waals surface area contributed by atoms with E-state index in [1.54, 1.807) is 0 Å². The van der Waals surface area contributed by atoms with Crippen molar-refractivity contribution >= 4 is 13.8 Å². The summed E-state index contributed by atoms with van der Waals surface area (Å²) in [6.07, 6.45) is 16.7. The van der Waals surface area contributed by atoms with Crippen molar-refractivity contribution in [3.8, 4) is 0 Å². The lowest BCUT2D eigenvalue weighted by molar-refractivity contribution is -0.141. The average molecular weight is 408 g/mol. The quantitative estimate of drug-likeness (QED) is 0.138. The molecule has 0 aromatic heterocycles. The molecule has 0 aliphatic rings. The van der Waals surface area contributed by atoms with Crippen molar-refractivity contribution in [2.45, 2.75) is 83.7 Å². The SMILES string of the molecule is CCCCC/C=C\C/C=C\CCCCC(CCC(=O)OC)OP(=O)(O)OF. The van der Waals surface area contributed by atoms with Gasteiger partial charge in [0.25, 0.3) is 0 Å². The van der Waals surface area contributed by atoms with Crippen LogP contribution in [0.4, 0.5) is 4.53 Å². The van der Waals surface area contributed by atoms with Crippen LogP contribution < -0.4 is 0 Å². The minimum atomic E-state index is -4.72. The number of rotatable bonds is 17. The number of allylic oxidation sites excluding steroid dienone is 4. The van der Waals surface area contributed by atoms with Crippen LogP contribution in [0.25, 0.3) is 0 Å². The van der Waals surface area contributed by atoms with Gasteiger partial charge in [-0.05, 0) is 49.5 Å². The highest BCUT2D eigenvalue weighted by atomic mass is 31.2. The Kier molecular flexibility index (Phi) is 16.5. The first-order valence-electron chi connectivity index (χ1n) is 9.63. The number of hydrogen-bond acceptors (Lipinski definition) is 5. The van der Waals surface area contributed by atoms with Crippen LogP contribution in [0.2, 0.25) is 0 Å². The fourth-order valence-corrected chi connectivity index (χ4v) is 3.11. The van der Waals surface area contributed by atoms with Gasteiger partial charge in [-0.25, -0.2) is 4.57 Å². The molecule has 2 atom stereocenters. The predicted molar refractivity (Wildman–Crippen MR) is 104 cm³/mol. The summed E-state index contributed by atoms with van der Waals surface area (Å²) in [5.41, 5.74) is 0. The summed E-state index contributed by atoms with van der Waals surface area (Å²) in [6, 6.07) is 0. The number of phosphoric acid groups is 1. The van der Waals surface area contributed by atoms with Gasteiger partial charge in [0.2, 0.25) is 0 Å². The lowest BCUT2D eigenvalue weighted by Crippen LogP contribution is -2.14. The van der Waals surface area contributed by atoms with E-state index in [4.69, 9.17) is 9.42 Å². The molecule has 0 aromatic carbocycles. The fourth-order valence-electron chi connectivity index (χ4n) is 2.49. The number of unbranched alkanes of at least 4 members (excludes halogenated alkanes) is 5. The molecular formula is C19H34FO6P. The smallest absolute Gasteiger partial charge is 0.469 e. The second kappa shape index (κ2) is 17.1. The first-order chi connectivity index (χ1) is 12.9. The molecule has 27 heavy (non-hydrogen) atoms. The molecule has 6 nitrogen and oxygen atoms in total. The minimum Gasteiger partial charge on any atom is -0.469 e.